The van der Waals surface area contributed by atoms with Crippen LogP contribution in [0.2, 0.25) is 0 Å². The van der Waals surface area contributed by atoms with Crippen LogP contribution < -0.4 is 11.1 Å². The second-order valence-corrected chi connectivity index (χ2v) is 4.20. The molecule has 1 saturated heterocycles. The van der Waals surface area contributed by atoms with Gasteiger partial charge < -0.3 is 20.5 Å². The minimum absolute atomic E-state index is 0.0826. The molecular formula is C11H22N2O3. The smallest absolute Gasteiger partial charge is 0.246 e. The van der Waals surface area contributed by atoms with Crippen molar-refractivity contribution >= 4 is 5.91 Å². The van der Waals surface area contributed by atoms with E-state index in [2.05, 4.69) is 5.32 Å². The molecule has 5 nitrogen and oxygen atoms in total. The van der Waals surface area contributed by atoms with Gasteiger partial charge in [-0.2, -0.15) is 0 Å². The van der Waals surface area contributed by atoms with Gasteiger partial charge in [0, 0.05) is 26.4 Å². The Morgan fingerprint density at radius 3 is 2.75 bits per heavy atom. The Morgan fingerprint density at radius 2 is 2.19 bits per heavy atom. The van der Waals surface area contributed by atoms with E-state index in [1.54, 1.807) is 0 Å². The highest BCUT2D eigenvalue weighted by molar-refractivity contribution is 5.78. The molecule has 3 N–H and O–H groups in total. The SMILES string of the molecule is CCCOCC(=O)NC1(CN)CCOCC1. The zero-order valence-corrected chi connectivity index (χ0v) is 9.96. The minimum Gasteiger partial charge on any atom is -0.381 e. The first kappa shape index (κ1) is 13.4. The van der Waals surface area contributed by atoms with Gasteiger partial charge in [-0.05, 0) is 19.3 Å². The summed E-state index contributed by atoms with van der Waals surface area (Å²) in [7, 11) is 0. The van der Waals surface area contributed by atoms with E-state index in [-0.39, 0.29) is 18.1 Å². The quantitative estimate of drug-likeness (QED) is 0.632. The highest BCUT2D eigenvalue weighted by Crippen LogP contribution is 2.19. The van der Waals surface area contributed by atoms with Crippen molar-refractivity contribution < 1.29 is 14.3 Å². The molecule has 5 heteroatoms. The third kappa shape index (κ3) is 4.08. The second-order valence-electron chi connectivity index (χ2n) is 4.20. The average Bonchev–Trinajstić information content (AvgIpc) is 2.30. The van der Waals surface area contributed by atoms with Crippen LogP contribution in [0.1, 0.15) is 26.2 Å². The van der Waals surface area contributed by atoms with E-state index in [0.717, 1.165) is 19.3 Å². The van der Waals surface area contributed by atoms with Crippen LogP contribution in [0.15, 0.2) is 0 Å². The van der Waals surface area contributed by atoms with E-state index in [0.29, 0.717) is 26.4 Å². The van der Waals surface area contributed by atoms with Crippen LogP contribution in [0.5, 0.6) is 0 Å². The minimum atomic E-state index is -0.287. The lowest BCUT2D eigenvalue weighted by Gasteiger charge is -2.36. The van der Waals surface area contributed by atoms with Gasteiger partial charge in [-0.1, -0.05) is 6.92 Å². The molecule has 0 atom stereocenters. The van der Waals surface area contributed by atoms with Crippen molar-refractivity contribution in [2.45, 2.75) is 31.7 Å². The van der Waals surface area contributed by atoms with Crippen LogP contribution in [0.4, 0.5) is 0 Å². The van der Waals surface area contributed by atoms with Gasteiger partial charge in [0.2, 0.25) is 5.91 Å². The summed E-state index contributed by atoms with van der Waals surface area (Å²) >= 11 is 0. The molecule has 1 aliphatic heterocycles. The number of amides is 1. The molecule has 0 bridgehead atoms. The number of nitrogens with one attached hydrogen (secondary N) is 1. The molecule has 0 aromatic carbocycles. The van der Waals surface area contributed by atoms with Crippen LogP contribution >= 0.6 is 0 Å². The molecule has 0 radical (unpaired) electrons. The van der Waals surface area contributed by atoms with Gasteiger partial charge in [-0.25, -0.2) is 0 Å². The summed E-state index contributed by atoms with van der Waals surface area (Å²) in [6.07, 6.45) is 2.48. The summed E-state index contributed by atoms with van der Waals surface area (Å²) in [5.41, 5.74) is 5.44. The number of carbonyl (C=O) groups is 1. The van der Waals surface area contributed by atoms with Crippen molar-refractivity contribution in [3.05, 3.63) is 0 Å². The zero-order valence-electron chi connectivity index (χ0n) is 9.96. The fraction of sp³-hybridized carbons (Fsp3) is 0.909. The summed E-state index contributed by atoms with van der Waals surface area (Å²) in [5.74, 6) is -0.0826. The number of ether oxygens (including phenoxy) is 2. The number of hydrogen-bond acceptors (Lipinski definition) is 4. The normalized spacial score (nSPS) is 19.4. The third-order valence-electron chi connectivity index (χ3n) is 2.83. The van der Waals surface area contributed by atoms with Crippen molar-refractivity contribution in [3.63, 3.8) is 0 Å². The van der Waals surface area contributed by atoms with Crippen molar-refractivity contribution in [2.24, 2.45) is 5.73 Å². The molecule has 0 saturated carbocycles. The molecule has 1 rings (SSSR count). The predicted octanol–water partition coefficient (Wildman–Crippen LogP) is 0.0371. The number of hydrogen-bond donors (Lipinski definition) is 2. The van der Waals surface area contributed by atoms with E-state index in [1.165, 1.54) is 0 Å². The fourth-order valence-corrected chi connectivity index (χ4v) is 1.78. The summed E-state index contributed by atoms with van der Waals surface area (Å²) in [5, 5.41) is 2.97. The van der Waals surface area contributed by atoms with Crippen LogP contribution in [0, 0.1) is 0 Å². The van der Waals surface area contributed by atoms with Gasteiger partial charge in [0.25, 0.3) is 0 Å². The van der Waals surface area contributed by atoms with Gasteiger partial charge in [-0.15, -0.1) is 0 Å². The Balaban J connectivity index is 2.33. The maximum Gasteiger partial charge on any atom is 0.246 e. The lowest BCUT2D eigenvalue weighted by Crippen LogP contribution is -2.57. The van der Waals surface area contributed by atoms with Crippen molar-refractivity contribution in [2.75, 3.05) is 33.0 Å². The predicted molar refractivity (Wildman–Crippen MR) is 61.1 cm³/mol. The third-order valence-corrected chi connectivity index (χ3v) is 2.83. The van der Waals surface area contributed by atoms with E-state index < -0.39 is 0 Å². The molecule has 1 aliphatic rings. The molecule has 0 aliphatic carbocycles. The van der Waals surface area contributed by atoms with Gasteiger partial charge in [0.15, 0.2) is 0 Å². The maximum absolute atomic E-state index is 11.6. The maximum atomic E-state index is 11.6. The highest BCUT2D eigenvalue weighted by atomic mass is 16.5. The zero-order chi connectivity index (χ0) is 11.9. The van der Waals surface area contributed by atoms with Gasteiger partial charge in [-0.3, -0.25) is 4.79 Å². The Morgan fingerprint density at radius 1 is 1.50 bits per heavy atom. The molecule has 1 amide bonds. The van der Waals surface area contributed by atoms with E-state index >= 15 is 0 Å². The summed E-state index contributed by atoms with van der Waals surface area (Å²) < 4.78 is 10.5. The summed E-state index contributed by atoms with van der Waals surface area (Å²) in [4.78, 5) is 11.6. The first-order valence-electron chi connectivity index (χ1n) is 5.89. The summed E-state index contributed by atoms with van der Waals surface area (Å²) in [6, 6.07) is 0. The van der Waals surface area contributed by atoms with Gasteiger partial charge in [0.05, 0.1) is 5.54 Å². The molecule has 1 heterocycles. The van der Waals surface area contributed by atoms with E-state index in [9.17, 15) is 4.79 Å². The summed E-state index contributed by atoms with van der Waals surface area (Å²) in [6.45, 7) is 4.52. The lowest BCUT2D eigenvalue weighted by atomic mass is 9.90. The van der Waals surface area contributed by atoms with Crippen LogP contribution in [0.25, 0.3) is 0 Å². The molecule has 0 aromatic rings. The fourth-order valence-electron chi connectivity index (χ4n) is 1.78. The van der Waals surface area contributed by atoms with Crippen LogP contribution in [-0.4, -0.2) is 44.4 Å². The Bertz CT molecular complexity index is 215. The molecule has 0 unspecified atom stereocenters. The van der Waals surface area contributed by atoms with Crippen LogP contribution in [0.3, 0.4) is 0 Å². The largest absolute Gasteiger partial charge is 0.381 e. The molecular weight excluding hydrogens is 208 g/mol. The second kappa shape index (κ2) is 6.83. The highest BCUT2D eigenvalue weighted by Gasteiger charge is 2.32. The number of carbonyl (C=O) groups excluding carboxylic acids is 1. The Hall–Kier alpha value is -0.650. The lowest BCUT2D eigenvalue weighted by molar-refractivity contribution is -0.128. The first-order valence-corrected chi connectivity index (χ1v) is 5.89. The topological polar surface area (TPSA) is 73.6 Å². The van der Waals surface area contributed by atoms with Gasteiger partial charge >= 0.3 is 0 Å². The van der Waals surface area contributed by atoms with Crippen molar-refractivity contribution in [1.82, 2.24) is 5.32 Å². The molecule has 0 aromatic heterocycles. The van der Waals surface area contributed by atoms with Gasteiger partial charge in [0.1, 0.15) is 6.61 Å². The Labute approximate surface area is 96.7 Å². The number of nitrogens with two attached hydrogens (primary N) is 1. The molecule has 16 heavy (non-hydrogen) atoms. The Kier molecular flexibility index (Phi) is 5.73. The van der Waals surface area contributed by atoms with Crippen molar-refractivity contribution in [1.29, 1.82) is 0 Å². The molecule has 94 valence electrons. The van der Waals surface area contributed by atoms with Crippen molar-refractivity contribution in [3.8, 4) is 0 Å². The standard InChI is InChI=1S/C11H22N2O3/c1-2-5-16-8-10(14)13-11(9-12)3-6-15-7-4-11/h2-9,12H2,1H3,(H,13,14). The van der Waals surface area contributed by atoms with E-state index in [4.69, 9.17) is 15.2 Å². The molecule has 1 fully saturated rings. The first-order chi connectivity index (χ1) is 7.72. The average molecular weight is 230 g/mol. The van der Waals surface area contributed by atoms with Crippen LogP contribution in [-0.2, 0) is 14.3 Å². The van der Waals surface area contributed by atoms with E-state index in [1.807, 2.05) is 6.92 Å². The monoisotopic (exact) mass is 230 g/mol. The molecule has 0 spiro atoms. The number of rotatable bonds is 6.